The molecule has 0 amide bonds. The van der Waals surface area contributed by atoms with Crippen molar-refractivity contribution >= 4 is 11.8 Å². The van der Waals surface area contributed by atoms with Gasteiger partial charge in [0.2, 0.25) is 0 Å². The van der Waals surface area contributed by atoms with Crippen molar-refractivity contribution in [2.24, 2.45) is 0 Å². The van der Waals surface area contributed by atoms with E-state index in [1.807, 2.05) is 0 Å². The Hall–Kier alpha value is -1.85. The lowest BCUT2D eigenvalue weighted by Gasteiger charge is -2.12. The van der Waals surface area contributed by atoms with Gasteiger partial charge in [0.1, 0.15) is 5.78 Å². The van der Waals surface area contributed by atoms with Crippen molar-refractivity contribution < 1.29 is 27.5 Å². The lowest BCUT2D eigenvalue weighted by atomic mass is 9.99. The number of carbonyl (C=O) groups is 2. The third-order valence-electron chi connectivity index (χ3n) is 2.37. The molecule has 104 valence electrons. The zero-order chi connectivity index (χ0) is 14.6. The predicted octanol–water partition coefficient (Wildman–Crippen LogP) is 3.01. The standard InChI is InChI=1S/C13H13F3O3/c1-3-19-12(18)11-5-4-10(13(14,15)16)7-9(11)6-8(2)17/h4-5,7H,3,6H2,1-2H3. The molecule has 0 saturated carbocycles. The van der Waals surface area contributed by atoms with Crippen LogP contribution in [0.5, 0.6) is 0 Å². The SMILES string of the molecule is CCOC(=O)c1ccc(C(F)(F)F)cc1CC(C)=O. The minimum atomic E-state index is -4.52. The van der Waals surface area contributed by atoms with E-state index in [0.29, 0.717) is 0 Å². The van der Waals surface area contributed by atoms with Gasteiger partial charge in [-0.2, -0.15) is 13.2 Å². The molecular formula is C13H13F3O3. The molecule has 0 radical (unpaired) electrons. The highest BCUT2D eigenvalue weighted by atomic mass is 19.4. The molecule has 0 aliphatic rings. The number of halogens is 3. The van der Waals surface area contributed by atoms with Crippen LogP contribution in [-0.2, 0) is 22.1 Å². The fourth-order valence-electron chi connectivity index (χ4n) is 1.59. The molecule has 0 aromatic heterocycles. The summed E-state index contributed by atoms with van der Waals surface area (Å²) in [4.78, 5) is 22.7. The zero-order valence-corrected chi connectivity index (χ0v) is 10.5. The van der Waals surface area contributed by atoms with E-state index in [2.05, 4.69) is 0 Å². The fourth-order valence-corrected chi connectivity index (χ4v) is 1.59. The number of Topliss-reactive ketones (excluding diaryl/α,β-unsaturated/α-hetero) is 1. The minimum absolute atomic E-state index is 0.00921. The van der Waals surface area contributed by atoms with E-state index in [-0.39, 0.29) is 29.9 Å². The summed E-state index contributed by atoms with van der Waals surface area (Å²) in [5, 5.41) is 0. The van der Waals surface area contributed by atoms with Crippen LogP contribution in [0.1, 0.15) is 35.3 Å². The van der Waals surface area contributed by atoms with E-state index < -0.39 is 17.7 Å². The van der Waals surface area contributed by atoms with Gasteiger partial charge in [-0.25, -0.2) is 4.79 Å². The first-order chi connectivity index (χ1) is 8.75. The van der Waals surface area contributed by atoms with Crippen molar-refractivity contribution in [2.75, 3.05) is 6.61 Å². The number of benzene rings is 1. The van der Waals surface area contributed by atoms with Gasteiger partial charge in [-0.3, -0.25) is 4.79 Å². The third-order valence-corrected chi connectivity index (χ3v) is 2.37. The monoisotopic (exact) mass is 274 g/mol. The second-order valence-corrected chi connectivity index (χ2v) is 3.97. The minimum Gasteiger partial charge on any atom is -0.462 e. The maximum absolute atomic E-state index is 12.6. The molecule has 0 saturated heterocycles. The van der Waals surface area contributed by atoms with E-state index in [9.17, 15) is 22.8 Å². The Labute approximate surface area is 108 Å². The number of esters is 1. The van der Waals surface area contributed by atoms with E-state index in [1.165, 1.54) is 6.92 Å². The van der Waals surface area contributed by atoms with Gasteiger partial charge in [0.25, 0.3) is 0 Å². The Morgan fingerprint density at radius 1 is 1.26 bits per heavy atom. The van der Waals surface area contributed by atoms with Crippen molar-refractivity contribution in [3.8, 4) is 0 Å². The van der Waals surface area contributed by atoms with E-state index >= 15 is 0 Å². The van der Waals surface area contributed by atoms with Crippen LogP contribution in [0.25, 0.3) is 0 Å². The molecule has 0 N–H and O–H groups in total. The highest BCUT2D eigenvalue weighted by Gasteiger charge is 2.31. The van der Waals surface area contributed by atoms with Gasteiger partial charge in [-0.05, 0) is 37.6 Å². The molecule has 0 bridgehead atoms. The van der Waals surface area contributed by atoms with Gasteiger partial charge < -0.3 is 4.74 Å². The molecular weight excluding hydrogens is 261 g/mol. The van der Waals surface area contributed by atoms with Gasteiger partial charge in [-0.1, -0.05) is 0 Å². The van der Waals surface area contributed by atoms with E-state index in [0.717, 1.165) is 18.2 Å². The predicted molar refractivity (Wildman–Crippen MR) is 61.8 cm³/mol. The Morgan fingerprint density at radius 3 is 2.37 bits per heavy atom. The molecule has 0 aliphatic heterocycles. The summed E-state index contributed by atoms with van der Waals surface area (Å²) in [7, 11) is 0. The summed E-state index contributed by atoms with van der Waals surface area (Å²) < 4.78 is 42.5. The van der Waals surface area contributed by atoms with Crippen LogP contribution >= 0.6 is 0 Å². The number of hydrogen-bond donors (Lipinski definition) is 0. The van der Waals surface area contributed by atoms with Crippen LogP contribution in [0, 0.1) is 0 Å². The summed E-state index contributed by atoms with van der Waals surface area (Å²) in [6.07, 6.45) is -4.75. The number of ether oxygens (including phenoxy) is 1. The molecule has 0 fully saturated rings. The molecule has 3 nitrogen and oxygen atoms in total. The van der Waals surface area contributed by atoms with Crippen LogP contribution in [0.15, 0.2) is 18.2 Å². The van der Waals surface area contributed by atoms with Crippen molar-refractivity contribution in [2.45, 2.75) is 26.4 Å². The van der Waals surface area contributed by atoms with Gasteiger partial charge in [0.05, 0.1) is 17.7 Å². The molecule has 0 spiro atoms. The molecule has 0 atom stereocenters. The van der Waals surface area contributed by atoms with Gasteiger partial charge in [-0.15, -0.1) is 0 Å². The molecule has 1 aromatic rings. The molecule has 0 aliphatic carbocycles. The Bertz CT molecular complexity index is 492. The zero-order valence-electron chi connectivity index (χ0n) is 10.5. The summed E-state index contributed by atoms with van der Waals surface area (Å²) >= 11 is 0. The van der Waals surface area contributed by atoms with Crippen molar-refractivity contribution in [3.63, 3.8) is 0 Å². The average molecular weight is 274 g/mol. The molecule has 0 heterocycles. The Kier molecular flexibility index (Phi) is 4.69. The molecule has 6 heteroatoms. The van der Waals surface area contributed by atoms with Crippen LogP contribution in [0.2, 0.25) is 0 Å². The first-order valence-electron chi connectivity index (χ1n) is 5.62. The quantitative estimate of drug-likeness (QED) is 0.793. The first-order valence-corrected chi connectivity index (χ1v) is 5.62. The number of rotatable bonds is 4. The lowest BCUT2D eigenvalue weighted by Crippen LogP contribution is -2.13. The second-order valence-electron chi connectivity index (χ2n) is 3.97. The fraction of sp³-hybridized carbons (Fsp3) is 0.385. The molecule has 1 rings (SSSR count). The number of ketones is 1. The highest BCUT2D eigenvalue weighted by molar-refractivity contribution is 5.93. The van der Waals surface area contributed by atoms with Crippen LogP contribution < -0.4 is 0 Å². The normalized spacial score (nSPS) is 11.2. The summed E-state index contributed by atoms with van der Waals surface area (Å²) in [6, 6.07) is 2.66. The largest absolute Gasteiger partial charge is 0.462 e. The number of alkyl halides is 3. The molecule has 19 heavy (non-hydrogen) atoms. The number of hydrogen-bond acceptors (Lipinski definition) is 3. The molecule has 1 aromatic carbocycles. The van der Waals surface area contributed by atoms with Crippen molar-refractivity contribution in [1.29, 1.82) is 0 Å². The van der Waals surface area contributed by atoms with Crippen molar-refractivity contribution in [1.82, 2.24) is 0 Å². The van der Waals surface area contributed by atoms with Gasteiger partial charge in [0, 0.05) is 6.42 Å². The van der Waals surface area contributed by atoms with E-state index in [4.69, 9.17) is 4.74 Å². The highest BCUT2D eigenvalue weighted by Crippen LogP contribution is 2.31. The number of carbonyl (C=O) groups excluding carboxylic acids is 2. The second kappa shape index (κ2) is 5.86. The van der Waals surface area contributed by atoms with Crippen LogP contribution in [0.4, 0.5) is 13.2 Å². The van der Waals surface area contributed by atoms with Crippen LogP contribution in [0.3, 0.4) is 0 Å². The third kappa shape index (κ3) is 4.08. The van der Waals surface area contributed by atoms with Gasteiger partial charge in [0.15, 0.2) is 0 Å². The molecule has 0 unspecified atom stereocenters. The summed E-state index contributed by atoms with van der Waals surface area (Å²) in [6.45, 7) is 2.95. The van der Waals surface area contributed by atoms with Gasteiger partial charge >= 0.3 is 12.1 Å². The average Bonchev–Trinajstić information content (AvgIpc) is 2.27. The summed E-state index contributed by atoms with van der Waals surface area (Å²) in [5.41, 5.74) is -0.873. The topological polar surface area (TPSA) is 43.4 Å². The lowest BCUT2D eigenvalue weighted by molar-refractivity contribution is -0.137. The van der Waals surface area contributed by atoms with Crippen molar-refractivity contribution in [3.05, 3.63) is 34.9 Å². The first kappa shape index (κ1) is 15.2. The summed E-state index contributed by atoms with van der Waals surface area (Å²) in [5.74, 6) is -1.06. The smallest absolute Gasteiger partial charge is 0.416 e. The van der Waals surface area contributed by atoms with E-state index in [1.54, 1.807) is 6.92 Å². The van der Waals surface area contributed by atoms with Crippen LogP contribution in [-0.4, -0.2) is 18.4 Å². The maximum Gasteiger partial charge on any atom is 0.416 e. The Balaban J connectivity index is 3.24. The Morgan fingerprint density at radius 2 is 1.89 bits per heavy atom. The maximum atomic E-state index is 12.6.